The Hall–Kier alpha value is -2.14. The summed E-state index contributed by atoms with van der Waals surface area (Å²) >= 11 is 0. The van der Waals surface area contributed by atoms with Gasteiger partial charge in [0, 0.05) is 6.61 Å². The van der Waals surface area contributed by atoms with E-state index in [1.165, 1.54) is 31.2 Å². The van der Waals surface area contributed by atoms with E-state index >= 15 is 0 Å². The fraction of sp³-hybridized carbons (Fsp3) is 0.429. The summed E-state index contributed by atoms with van der Waals surface area (Å²) in [6.45, 7) is 5.01. The third kappa shape index (κ3) is 4.48. The van der Waals surface area contributed by atoms with Crippen LogP contribution in [0.5, 0.6) is 5.88 Å². The lowest BCUT2D eigenvalue weighted by molar-refractivity contribution is -0.142. The van der Waals surface area contributed by atoms with Crippen LogP contribution in [-0.4, -0.2) is 30.0 Å². The van der Waals surface area contributed by atoms with Gasteiger partial charge in [-0.1, -0.05) is 17.7 Å². The summed E-state index contributed by atoms with van der Waals surface area (Å²) in [4.78, 5) is 0.324. The minimum atomic E-state index is -4.94. The van der Waals surface area contributed by atoms with E-state index in [2.05, 4.69) is 14.4 Å². The Morgan fingerprint density at radius 2 is 1.80 bits per heavy atom. The van der Waals surface area contributed by atoms with Crippen LogP contribution in [0.25, 0.3) is 0 Å². The molecule has 1 heterocycles. The van der Waals surface area contributed by atoms with Crippen molar-refractivity contribution >= 4 is 10.1 Å². The first-order chi connectivity index (χ1) is 11.5. The Bertz CT molecular complexity index is 832. The van der Waals surface area contributed by atoms with Crippen LogP contribution in [0.3, 0.4) is 0 Å². The molecule has 7 nitrogen and oxygen atoms in total. The predicted octanol–water partition coefficient (Wildman–Crippen LogP) is 2.93. The molecule has 0 bridgehead atoms. The summed E-state index contributed by atoms with van der Waals surface area (Å²) in [7, 11) is -4.49. The lowest BCUT2D eigenvalue weighted by atomic mass is 10.2. The smallest absolute Gasteiger partial charge is 0.355 e. The van der Waals surface area contributed by atoms with Gasteiger partial charge in [0.15, 0.2) is 6.23 Å². The van der Waals surface area contributed by atoms with Crippen LogP contribution in [0.4, 0.5) is 13.2 Å². The van der Waals surface area contributed by atoms with Crippen molar-refractivity contribution in [2.24, 2.45) is 0 Å². The van der Waals surface area contributed by atoms with Crippen LogP contribution >= 0.6 is 0 Å². The first-order valence-electron chi connectivity index (χ1n) is 7.21. The van der Waals surface area contributed by atoms with Crippen molar-refractivity contribution in [3.05, 3.63) is 35.5 Å². The van der Waals surface area contributed by atoms with Gasteiger partial charge < -0.3 is 8.92 Å². The average Bonchev–Trinajstić information content (AvgIpc) is 2.91. The molecule has 25 heavy (non-hydrogen) atoms. The van der Waals surface area contributed by atoms with Crippen molar-refractivity contribution in [1.82, 2.24) is 15.0 Å². The third-order valence-corrected chi connectivity index (χ3v) is 4.33. The summed E-state index contributed by atoms with van der Waals surface area (Å²) in [6, 6.07) is 5.44. The molecule has 1 unspecified atom stereocenters. The largest absolute Gasteiger partial charge is 0.440 e. The van der Waals surface area contributed by atoms with E-state index < -0.39 is 34.1 Å². The molecule has 0 saturated carbocycles. The number of hydrogen-bond acceptors (Lipinski definition) is 6. The fourth-order valence-corrected chi connectivity index (χ4v) is 2.76. The van der Waals surface area contributed by atoms with Gasteiger partial charge in [-0.15, -0.1) is 10.2 Å². The van der Waals surface area contributed by atoms with E-state index in [0.717, 1.165) is 5.56 Å². The van der Waals surface area contributed by atoms with Crippen LogP contribution in [0.15, 0.2) is 29.2 Å². The monoisotopic (exact) mass is 379 g/mol. The zero-order valence-corrected chi connectivity index (χ0v) is 14.4. The fourth-order valence-electron chi connectivity index (χ4n) is 1.87. The predicted molar refractivity (Wildman–Crippen MR) is 80.4 cm³/mol. The summed E-state index contributed by atoms with van der Waals surface area (Å²) in [6.07, 6.45) is -5.87. The molecule has 0 saturated heterocycles. The van der Waals surface area contributed by atoms with Gasteiger partial charge in [0.05, 0.1) is 0 Å². The number of aryl methyl sites for hydroxylation is 1. The van der Waals surface area contributed by atoms with Crippen molar-refractivity contribution in [3.63, 3.8) is 0 Å². The molecule has 0 radical (unpaired) electrons. The summed E-state index contributed by atoms with van der Waals surface area (Å²) < 4.78 is 73.4. The second kappa shape index (κ2) is 7.00. The molecule has 0 amide bonds. The Morgan fingerprint density at radius 1 is 1.20 bits per heavy atom. The van der Waals surface area contributed by atoms with Crippen LogP contribution in [0.2, 0.25) is 0 Å². The molecule has 0 spiro atoms. The molecule has 0 aliphatic heterocycles. The zero-order chi connectivity index (χ0) is 18.8. The first kappa shape index (κ1) is 19.2. The molecule has 11 heteroatoms. The Labute approximate surface area is 142 Å². The van der Waals surface area contributed by atoms with Crippen molar-refractivity contribution in [2.75, 3.05) is 6.61 Å². The highest BCUT2D eigenvalue weighted by atomic mass is 32.2. The minimum absolute atomic E-state index is 0.210. The van der Waals surface area contributed by atoms with Gasteiger partial charge in [-0.25, -0.2) is 0 Å². The lowest BCUT2D eigenvalue weighted by Gasteiger charge is -2.09. The third-order valence-electron chi connectivity index (χ3n) is 3.10. The van der Waals surface area contributed by atoms with E-state index in [1.807, 2.05) is 0 Å². The lowest BCUT2D eigenvalue weighted by Crippen LogP contribution is -2.14. The highest BCUT2D eigenvalue weighted by molar-refractivity contribution is 7.87. The van der Waals surface area contributed by atoms with E-state index in [1.54, 1.807) is 13.8 Å². The number of rotatable bonds is 6. The first-order valence-corrected chi connectivity index (χ1v) is 8.62. The summed E-state index contributed by atoms with van der Waals surface area (Å²) in [5, 5.41) is 6.74. The molecule has 138 valence electrons. The Morgan fingerprint density at radius 3 is 2.32 bits per heavy atom. The van der Waals surface area contributed by atoms with Gasteiger partial charge in [0.2, 0.25) is 5.69 Å². The molecule has 0 fully saturated rings. The molecule has 2 rings (SSSR count). The molecular weight excluding hydrogens is 363 g/mol. The number of nitrogens with zero attached hydrogens (tertiary/aromatic N) is 3. The highest BCUT2D eigenvalue weighted by Crippen LogP contribution is 2.35. The van der Waals surface area contributed by atoms with Gasteiger partial charge in [0.1, 0.15) is 4.90 Å². The topological polar surface area (TPSA) is 83.3 Å². The maximum Gasteiger partial charge on any atom is 0.440 e. The van der Waals surface area contributed by atoms with Gasteiger partial charge in [-0.3, -0.25) is 0 Å². The second-order valence-corrected chi connectivity index (χ2v) is 6.62. The molecule has 0 N–H and O–H groups in total. The molecular formula is C14H16F3N3O4S. The normalized spacial score (nSPS) is 13.7. The van der Waals surface area contributed by atoms with E-state index in [4.69, 9.17) is 4.74 Å². The molecule has 1 aromatic carbocycles. The standard InChI is InChI=1S/C14H16F3N3O4S/c1-4-23-10(3)20-18-12(14(15,16)17)13(19-20)24-25(21,22)11-7-5-9(2)6-8-11/h5-8,10H,4H2,1-3H3. The maximum atomic E-state index is 13.1. The van der Waals surface area contributed by atoms with Gasteiger partial charge in [-0.2, -0.15) is 26.4 Å². The molecule has 1 atom stereocenters. The number of halogens is 3. The van der Waals surface area contributed by atoms with Crippen LogP contribution in [0.1, 0.15) is 31.3 Å². The van der Waals surface area contributed by atoms with E-state index in [0.29, 0.717) is 4.80 Å². The highest BCUT2D eigenvalue weighted by Gasteiger charge is 2.41. The van der Waals surface area contributed by atoms with Crippen LogP contribution in [0, 0.1) is 6.92 Å². The summed E-state index contributed by atoms with van der Waals surface area (Å²) in [5.74, 6) is -1.15. The van der Waals surface area contributed by atoms with E-state index in [9.17, 15) is 21.6 Å². The number of aromatic nitrogens is 3. The maximum absolute atomic E-state index is 13.1. The van der Waals surface area contributed by atoms with Crippen molar-refractivity contribution < 1.29 is 30.5 Å². The molecule has 1 aromatic heterocycles. The zero-order valence-electron chi connectivity index (χ0n) is 13.6. The molecule has 2 aromatic rings. The van der Waals surface area contributed by atoms with Crippen molar-refractivity contribution in [2.45, 2.75) is 38.1 Å². The minimum Gasteiger partial charge on any atom is -0.355 e. The Kier molecular flexibility index (Phi) is 5.37. The van der Waals surface area contributed by atoms with Gasteiger partial charge in [-0.05, 0) is 32.9 Å². The average molecular weight is 379 g/mol. The quantitative estimate of drug-likeness (QED) is 0.718. The number of ether oxygens (including phenoxy) is 1. The summed E-state index contributed by atoms with van der Waals surface area (Å²) in [5.41, 5.74) is -0.763. The van der Waals surface area contributed by atoms with Gasteiger partial charge in [0.25, 0.3) is 5.88 Å². The van der Waals surface area contributed by atoms with Crippen molar-refractivity contribution in [1.29, 1.82) is 0 Å². The number of benzene rings is 1. The molecule has 0 aliphatic carbocycles. The molecule has 0 aliphatic rings. The van der Waals surface area contributed by atoms with E-state index in [-0.39, 0.29) is 11.5 Å². The van der Waals surface area contributed by atoms with Crippen LogP contribution < -0.4 is 4.18 Å². The SMILES string of the molecule is CCOC(C)n1nc(OS(=O)(=O)c2ccc(C)cc2)c(C(F)(F)F)n1. The Balaban J connectivity index is 2.41. The van der Waals surface area contributed by atoms with Crippen molar-refractivity contribution in [3.8, 4) is 5.88 Å². The second-order valence-electron chi connectivity index (χ2n) is 5.08. The van der Waals surface area contributed by atoms with Gasteiger partial charge >= 0.3 is 16.3 Å². The number of alkyl halides is 3. The number of hydrogen-bond donors (Lipinski definition) is 0. The van der Waals surface area contributed by atoms with Crippen LogP contribution in [-0.2, 0) is 21.0 Å².